The molecule has 28 heavy (non-hydrogen) atoms. The molecule has 1 aromatic carbocycles. The second kappa shape index (κ2) is 10.0. The molecule has 0 fully saturated rings. The van der Waals surface area contributed by atoms with Gasteiger partial charge in [-0.25, -0.2) is 4.98 Å². The summed E-state index contributed by atoms with van der Waals surface area (Å²) in [6.45, 7) is 2.47. The highest BCUT2D eigenvalue weighted by molar-refractivity contribution is 8.01. The van der Waals surface area contributed by atoms with Gasteiger partial charge in [0.25, 0.3) is 0 Å². The summed E-state index contributed by atoms with van der Waals surface area (Å²) in [5, 5.41) is 7.58. The first-order valence-electron chi connectivity index (χ1n) is 8.68. The van der Waals surface area contributed by atoms with Crippen molar-refractivity contribution in [2.45, 2.75) is 24.2 Å². The van der Waals surface area contributed by atoms with Gasteiger partial charge in [-0.1, -0.05) is 29.5 Å². The molecule has 0 bridgehead atoms. The third-order valence-electron chi connectivity index (χ3n) is 3.77. The lowest BCUT2D eigenvalue weighted by Gasteiger charge is -2.04. The van der Waals surface area contributed by atoms with Gasteiger partial charge in [-0.05, 0) is 36.8 Å². The Morgan fingerprint density at radius 2 is 1.82 bits per heavy atom. The van der Waals surface area contributed by atoms with Crippen LogP contribution in [-0.4, -0.2) is 27.5 Å². The van der Waals surface area contributed by atoms with Crippen LogP contribution in [-0.2, 0) is 22.6 Å². The first-order valence-corrected chi connectivity index (χ1v) is 10.5. The highest BCUT2D eigenvalue weighted by atomic mass is 32.2. The van der Waals surface area contributed by atoms with Crippen molar-refractivity contribution in [1.29, 1.82) is 0 Å². The topological polar surface area (TPSA) is 84.0 Å². The van der Waals surface area contributed by atoms with Gasteiger partial charge in [-0.3, -0.25) is 14.6 Å². The molecule has 3 aromatic rings. The van der Waals surface area contributed by atoms with Gasteiger partial charge in [0.1, 0.15) is 0 Å². The minimum Gasteiger partial charge on any atom is -0.352 e. The van der Waals surface area contributed by atoms with Crippen molar-refractivity contribution in [3.05, 3.63) is 71.0 Å². The Balaban J connectivity index is 1.41. The Morgan fingerprint density at radius 3 is 2.57 bits per heavy atom. The van der Waals surface area contributed by atoms with E-state index in [2.05, 4.69) is 20.6 Å². The van der Waals surface area contributed by atoms with Crippen LogP contribution in [0.2, 0.25) is 0 Å². The Labute approximate surface area is 171 Å². The van der Waals surface area contributed by atoms with Crippen LogP contribution in [0.3, 0.4) is 0 Å². The lowest BCUT2D eigenvalue weighted by Crippen LogP contribution is -2.24. The molecular formula is C20H20N4O2S2. The summed E-state index contributed by atoms with van der Waals surface area (Å²) in [6, 6.07) is 11.4. The molecule has 2 heterocycles. The van der Waals surface area contributed by atoms with E-state index in [-0.39, 0.29) is 24.0 Å². The molecule has 3 rings (SSSR count). The highest BCUT2D eigenvalue weighted by Crippen LogP contribution is 2.23. The van der Waals surface area contributed by atoms with Gasteiger partial charge >= 0.3 is 0 Å². The average Bonchev–Trinajstić information content (AvgIpc) is 3.15. The van der Waals surface area contributed by atoms with E-state index >= 15 is 0 Å². The van der Waals surface area contributed by atoms with E-state index in [1.807, 2.05) is 48.7 Å². The predicted molar refractivity (Wildman–Crippen MR) is 112 cm³/mol. The molecule has 144 valence electrons. The number of nitrogens with one attached hydrogen (secondary N) is 2. The van der Waals surface area contributed by atoms with Crippen LogP contribution in [0.1, 0.15) is 16.8 Å². The number of carbonyl (C=O) groups is 2. The lowest BCUT2D eigenvalue weighted by atomic mass is 10.2. The average molecular weight is 413 g/mol. The van der Waals surface area contributed by atoms with Crippen molar-refractivity contribution in [2.75, 3.05) is 11.1 Å². The van der Waals surface area contributed by atoms with E-state index in [0.29, 0.717) is 12.2 Å². The number of carbonyl (C=O) groups excluding carboxylic acids is 2. The number of aryl methyl sites for hydroxylation is 1. The fourth-order valence-electron chi connectivity index (χ4n) is 2.33. The zero-order chi connectivity index (χ0) is 19.8. The number of pyridine rings is 1. The summed E-state index contributed by atoms with van der Waals surface area (Å²) in [4.78, 5) is 32.5. The summed E-state index contributed by atoms with van der Waals surface area (Å²) in [7, 11) is 0. The summed E-state index contributed by atoms with van der Waals surface area (Å²) in [5.41, 5.74) is 3.63. The standard InChI is InChI=1S/C20H20N4O2S2/c1-14-2-4-16(5-3-14)23-19(26)13-28-20-24-17(12-27-20)10-18(25)22-11-15-6-8-21-9-7-15/h2-9,12H,10-11,13H2,1H3,(H,22,25)(H,23,26). The van der Waals surface area contributed by atoms with E-state index in [4.69, 9.17) is 0 Å². The molecule has 0 aliphatic heterocycles. The maximum Gasteiger partial charge on any atom is 0.234 e. The number of aromatic nitrogens is 2. The molecule has 0 aliphatic carbocycles. The molecule has 0 spiro atoms. The van der Waals surface area contributed by atoms with Gasteiger partial charge in [0.05, 0.1) is 17.9 Å². The maximum absolute atomic E-state index is 12.1. The van der Waals surface area contributed by atoms with Gasteiger partial charge in [-0.2, -0.15) is 0 Å². The normalized spacial score (nSPS) is 10.5. The molecule has 6 nitrogen and oxygen atoms in total. The summed E-state index contributed by atoms with van der Waals surface area (Å²) in [6.07, 6.45) is 3.61. The second-order valence-electron chi connectivity index (χ2n) is 6.12. The second-order valence-corrected chi connectivity index (χ2v) is 8.20. The minimum atomic E-state index is -0.0872. The molecule has 0 unspecified atom stereocenters. The Bertz CT molecular complexity index is 927. The Kier molecular flexibility index (Phi) is 7.16. The van der Waals surface area contributed by atoms with Crippen LogP contribution in [0.25, 0.3) is 0 Å². The number of thiazole rings is 1. The lowest BCUT2D eigenvalue weighted by molar-refractivity contribution is -0.120. The highest BCUT2D eigenvalue weighted by Gasteiger charge is 2.10. The predicted octanol–water partition coefficient (Wildman–Crippen LogP) is 3.44. The number of thioether (sulfide) groups is 1. The number of anilines is 1. The quantitative estimate of drug-likeness (QED) is 0.554. The van der Waals surface area contributed by atoms with Crippen molar-refractivity contribution in [1.82, 2.24) is 15.3 Å². The molecule has 2 N–H and O–H groups in total. The number of hydrogen-bond acceptors (Lipinski definition) is 6. The van der Waals surface area contributed by atoms with E-state index in [9.17, 15) is 9.59 Å². The van der Waals surface area contributed by atoms with Gasteiger partial charge in [0.2, 0.25) is 11.8 Å². The first kappa shape index (κ1) is 20.0. The smallest absolute Gasteiger partial charge is 0.234 e. The van der Waals surface area contributed by atoms with Crippen molar-refractivity contribution < 1.29 is 9.59 Å². The van der Waals surface area contributed by atoms with Crippen LogP contribution < -0.4 is 10.6 Å². The SMILES string of the molecule is Cc1ccc(NC(=O)CSc2nc(CC(=O)NCc3ccncc3)cs2)cc1. The number of rotatable bonds is 8. The van der Waals surface area contributed by atoms with Crippen molar-refractivity contribution in [2.24, 2.45) is 0 Å². The largest absolute Gasteiger partial charge is 0.352 e. The van der Waals surface area contributed by atoms with E-state index in [1.165, 1.54) is 23.1 Å². The Morgan fingerprint density at radius 1 is 1.07 bits per heavy atom. The molecule has 2 amide bonds. The third kappa shape index (κ3) is 6.47. The monoisotopic (exact) mass is 412 g/mol. The number of benzene rings is 1. The van der Waals surface area contributed by atoms with Crippen molar-refractivity contribution in [3.63, 3.8) is 0 Å². The summed E-state index contributed by atoms with van der Waals surface area (Å²) < 4.78 is 0.774. The first-order chi connectivity index (χ1) is 13.6. The zero-order valence-corrected chi connectivity index (χ0v) is 17.0. The number of amides is 2. The number of hydrogen-bond donors (Lipinski definition) is 2. The van der Waals surface area contributed by atoms with Crippen LogP contribution in [0.5, 0.6) is 0 Å². The summed E-state index contributed by atoms with van der Waals surface area (Å²) in [5.74, 6) is 0.103. The molecule has 0 saturated heterocycles. The third-order valence-corrected chi connectivity index (χ3v) is 5.84. The van der Waals surface area contributed by atoms with Crippen LogP contribution in [0, 0.1) is 6.92 Å². The van der Waals surface area contributed by atoms with Gasteiger partial charge in [-0.15, -0.1) is 11.3 Å². The van der Waals surface area contributed by atoms with E-state index in [1.54, 1.807) is 12.4 Å². The molecule has 0 radical (unpaired) electrons. The molecular weight excluding hydrogens is 392 g/mol. The molecule has 0 atom stereocenters. The molecule has 0 aliphatic rings. The van der Waals surface area contributed by atoms with Gasteiger partial charge < -0.3 is 10.6 Å². The fourth-order valence-corrected chi connectivity index (χ4v) is 3.97. The van der Waals surface area contributed by atoms with Crippen LogP contribution >= 0.6 is 23.1 Å². The maximum atomic E-state index is 12.1. The van der Waals surface area contributed by atoms with E-state index in [0.717, 1.165) is 21.2 Å². The van der Waals surface area contributed by atoms with Crippen molar-refractivity contribution >= 4 is 40.6 Å². The fraction of sp³-hybridized carbons (Fsp3) is 0.200. The van der Waals surface area contributed by atoms with Gasteiger partial charge in [0.15, 0.2) is 4.34 Å². The minimum absolute atomic E-state index is 0.0827. The molecule has 8 heteroatoms. The van der Waals surface area contributed by atoms with E-state index < -0.39 is 0 Å². The van der Waals surface area contributed by atoms with Gasteiger partial charge in [0, 0.05) is 30.0 Å². The molecule has 2 aromatic heterocycles. The Hall–Kier alpha value is -2.71. The summed E-state index contributed by atoms with van der Waals surface area (Å²) >= 11 is 2.81. The van der Waals surface area contributed by atoms with Crippen LogP contribution in [0.4, 0.5) is 5.69 Å². The van der Waals surface area contributed by atoms with Crippen molar-refractivity contribution in [3.8, 4) is 0 Å². The number of nitrogens with zero attached hydrogens (tertiary/aromatic N) is 2. The molecule has 0 saturated carbocycles. The zero-order valence-electron chi connectivity index (χ0n) is 15.3. The van der Waals surface area contributed by atoms with Crippen LogP contribution in [0.15, 0.2) is 58.5 Å².